The fraction of sp³-hybridized carbons (Fsp3) is 0.333. The number of aromatic amines is 1. The van der Waals surface area contributed by atoms with Gasteiger partial charge in [0, 0.05) is 17.4 Å². The first-order chi connectivity index (χ1) is 16.7. The van der Waals surface area contributed by atoms with Crippen molar-refractivity contribution in [3.8, 4) is 5.75 Å². The molecule has 35 heavy (non-hydrogen) atoms. The van der Waals surface area contributed by atoms with E-state index >= 15 is 0 Å². The number of carboxylic acid groups (broad SMARTS) is 1. The Morgan fingerprint density at radius 1 is 1.11 bits per heavy atom. The normalized spacial score (nSPS) is 16.6. The molecule has 3 aromatic rings. The number of carboxylic acids is 1. The third-order valence-electron chi connectivity index (χ3n) is 6.20. The minimum absolute atomic E-state index is 0.0842. The number of hydrogen-bond acceptors (Lipinski definition) is 7. The molecule has 0 radical (unpaired) electrons. The van der Waals surface area contributed by atoms with Gasteiger partial charge in [0.25, 0.3) is 0 Å². The Morgan fingerprint density at radius 2 is 1.83 bits per heavy atom. The number of carbonyl (C=O) groups is 2. The number of aromatic nitrogens is 1. The van der Waals surface area contributed by atoms with Crippen LogP contribution in [-0.2, 0) is 14.8 Å². The first kappa shape index (κ1) is 24.9. The lowest BCUT2D eigenvalue weighted by molar-refractivity contribution is -0.141. The van der Waals surface area contributed by atoms with E-state index in [4.69, 9.17) is 10.5 Å². The van der Waals surface area contributed by atoms with Gasteiger partial charge in [-0.05, 0) is 68.2 Å². The Bertz CT molecular complexity index is 1320. The number of aliphatic carboxylic acids is 1. The predicted molar refractivity (Wildman–Crippen MR) is 130 cm³/mol. The van der Waals surface area contributed by atoms with Crippen molar-refractivity contribution >= 4 is 32.7 Å². The summed E-state index contributed by atoms with van der Waals surface area (Å²) >= 11 is 0. The maximum absolute atomic E-state index is 13.4. The van der Waals surface area contributed by atoms with Crippen molar-refractivity contribution in [2.24, 2.45) is 11.7 Å². The molecular weight excluding hydrogens is 472 g/mol. The molecule has 10 nitrogen and oxygen atoms in total. The second kappa shape index (κ2) is 10.2. The van der Waals surface area contributed by atoms with Crippen molar-refractivity contribution in [3.63, 3.8) is 0 Å². The van der Waals surface area contributed by atoms with E-state index in [9.17, 15) is 23.1 Å². The van der Waals surface area contributed by atoms with Crippen molar-refractivity contribution in [3.05, 3.63) is 60.3 Å². The molecule has 11 heteroatoms. The topological polar surface area (TPSA) is 164 Å². The highest BCUT2D eigenvalue weighted by atomic mass is 32.2. The second-order valence-corrected chi connectivity index (χ2v) is 10.3. The number of nitrogens with one attached hydrogen (secondary N) is 3. The SMILES string of the molecule is NC[C@@](NS(=O)(=O)c1ccccc1)(C(=O)O)C(=O)c1cc2cc(OCC3CCNCC3)ccc2[nH]1. The van der Waals surface area contributed by atoms with Crippen molar-refractivity contribution < 1.29 is 27.9 Å². The van der Waals surface area contributed by atoms with Crippen LogP contribution >= 0.6 is 0 Å². The van der Waals surface area contributed by atoms with Crippen LogP contribution in [0.3, 0.4) is 0 Å². The summed E-state index contributed by atoms with van der Waals surface area (Å²) < 4.78 is 33.7. The van der Waals surface area contributed by atoms with E-state index in [2.05, 4.69) is 10.3 Å². The fourth-order valence-electron chi connectivity index (χ4n) is 4.11. The van der Waals surface area contributed by atoms with Crippen LogP contribution in [0.15, 0.2) is 59.5 Å². The zero-order valence-corrected chi connectivity index (χ0v) is 19.8. The number of fused-ring (bicyclic) bond motifs is 1. The number of H-pyrrole nitrogens is 1. The Kier molecular flexibility index (Phi) is 7.22. The van der Waals surface area contributed by atoms with Crippen LogP contribution in [0.25, 0.3) is 10.9 Å². The fourth-order valence-corrected chi connectivity index (χ4v) is 5.47. The van der Waals surface area contributed by atoms with E-state index in [1.807, 2.05) is 4.72 Å². The van der Waals surface area contributed by atoms with Gasteiger partial charge in [-0.3, -0.25) is 4.79 Å². The van der Waals surface area contributed by atoms with Gasteiger partial charge < -0.3 is 25.9 Å². The molecule has 0 amide bonds. The van der Waals surface area contributed by atoms with Gasteiger partial charge in [-0.2, -0.15) is 4.72 Å². The van der Waals surface area contributed by atoms with Gasteiger partial charge in [0.1, 0.15) is 5.75 Å². The van der Waals surface area contributed by atoms with Gasteiger partial charge in [-0.15, -0.1) is 0 Å². The Labute approximate surface area is 202 Å². The maximum atomic E-state index is 13.4. The monoisotopic (exact) mass is 500 g/mol. The van der Waals surface area contributed by atoms with Crippen LogP contribution in [0.1, 0.15) is 23.3 Å². The molecule has 1 aliphatic rings. The smallest absolute Gasteiger partial charge is 0.334 e. The molecule has 0 bridgehead atoms. The van der Waals surface area contributed by atoms with E-state index in [0.717, 1.165) is 25.9 Å². The van der Waals surface area contributed by atoms with E-state index < -0.39 is 33.9 Å². The van der Waals surface area contributed by atoms with Crippen LogP contribution in [0.5, 0.6) is 5.75 Å². The Morgan fingerprint density at radius 3 is 2.49 bits per heavy atom. The van der Waals surface area contributed by atoms with Crippen LogP contribution in [-0.4, -0.2) is 62.0 Å². The molecule has 1 aliphatic heterocycles. The largest absolute Gasteiger partial charge is 0.493 e. The quantitative estimate of drug-likeness (QED) is 0.206. The van der Waals surface area contributed by atoms with E-state index in [-0.39, 0.29) is 10.6 Å². The molecule has 0 spiro atoms. The summed E-state index contributed by atoms with van der Waals surface area (Å²) in [5.74, 6) is -1.61. The summed E-state index contributed by atoms with van der Waals surface area (Å²) in [6.45, 7) is 1.74. The molecule has 1 aromatic heterocycles. The van der Waals surface area contributed by atoms with Crippen molar-refractivity contribution in [2.75, 3.05) is 26.2 Å². The Balaban J connectivity index is 1.59. The zero-order chi connectivity index (χ0) is 25.1. The highest BCUT2D eigenvalue weighted by Crippen LogP contribution is 2.26. The number of rotatable bonds is 10. The standard InChI is InChI=1S/C24H28N4O6S/c25-15-24(23(30)31,28-35(32,33)19-4-2-1-3-5-19)22(29)21-13-17-12-18(6-7-20(17)27-21)34-14-16-8-10-26-11-9-16/h1-7,12-13,16,26-28H,8-11,14-15,25H2,(H,30,31)/t24-/m0/s1. The van der Waals surface area contributed by atoms with Crippen LogP contribution in [0.2, 0.25) is 0 Å². The molecular formula is C24H28N4O6S. The van der Waals surface area contributed by atoms with Crippen LogP contribution < -0.4 is 20.5 Å². The predicted octanol–water partition coefficient (Wildman–Crippen LogP) is 1.49. The summed E-state index contributed by atoms with van der Waals surface area (Å²) in [6.07, 6.45) is 2.08. The number of carbonyl (C=O) groups excluding carboxylic acids is 1. The lowest BCUT2D eigenvalue weighted by Gasteiger charge is -2.26. The maximum Gasteiger partial charge on any atom is 0.334 e. The highest BCUT2D eigenvalue weighted by Gasteiger charge is 2.49. The average molecular weight is 501 g/mol. The number of sulfonamides is 1. The summed E-state index contributed by atoms with van der Waals surface area (Å²) in [4.78, 5) is 28.3. The lowest BCUT2D eigenvalue weighted by atomic mass is 9.93. The molecule has 6 N–H and O–H groups in total. The van der Waals surface area contributed by atoms with E-state index in [1.165, 1.54) is 30.3 Å². The number of hydrogen-bond donors (Lipinski definition) is 5. The minimum Gasteiger partial charge on any atom is -0.493 e. The third kappa shape index (κ3) is 5.22. The zero-order valence-electron chi connectivity index (χ0n) is 19.0. The molecule has 1 saturated heterocycles. The van der Waals surface area contributed by atoms with Crippen LogP contribution in [0, 0.1) is 5.92 Å². The molecule has 0 saturated carbocycles. The van der Waals surface area contributed by atoms with Gasteiger partial charge in [0.05, 0.1) is 17.2 Å². The van der Waals surface area contributed by atoms with Crippen molar-refractivity contribution in [1.29, 1.82) is 0 Å². The highest BCUT2D eigenvalue weighted by molar-refractivity contribution is 7.89. The van der Waals surface area contributed by atoms with E-state index in [1.54, 1.807) is 24.3 Å². The summed E-state index contributed by atoms with van der Waals surface area (Å²) in [5.41, 5.74) is 3.59. The second-order valence-electron chi connectivity index (χ2n) is 8.60. The minimum atomic E-state index is -4.35. The third-order valence-corrected chi connectivity index (χ3v) is 7.71. The molecule has 0 aliphatic carbocycles. The lowest BCUT2D eigenvalue weighted by Crippen LogP contribution is -2.64. The van der Waals surface area contributed by atoms with Gasteiger partial charge in [0.2, 0.25) is 21.3 Å². The first-order valence-electron chi connectivity index (χ1n) is 11.3. The molecule has 0 unspecified atom stereocenters. The van der Waals surface area contributed by atoms with Gasteiger partial charge >= 0.3 is 5.97 Å². The molecule has 2 aromatic carbocycles. The molecule has 2 heterocycles. The van der Waals surface area contributed by atoms with Crippen molar-refractivity contribution in [2.45, 2.75) is 23.3 Å². The van der Waals surface area contributed by atoms with E-state index in [0.29, 0.717) is 29.2 Å². The summed E-state index contributed by atoms with van der Waals surface area (Å²) in [5, 5.41) is 13.8. The molecule has 1 atom stereocenters. The molecule has 1 fully saturated rings. The van der Waals surface area contributed by atoms with Gasteiger partial charge in [0.15, 0.2) is 0 Å². The number of ether oxygens (including phenoxy) is 1. The average Bonchev–Trinajstić information content (AvgIpc) is 3.30. The van der Waals surface area contributed by atoms with Gasteiger partial charge in [-0.1, -0.05) is 18.2 Å². The number of benzene rings is 2. The number of Topliss-reactive ketones (excluding diaryl/α,β-unsaturated/α-hetero) is 1. The molecule has 4 rings (SSSR count). The number of piperidine rings is 1. The summed E-state index contributed by atoms with van der Waals surface area (Å²) in [7, 11) is -4.35. The Hall–Kier alpha value is -3.25. The van der Waals surface area contributed by atoms with Gasteiger partial charge in [-0.25, -0.2) is 13.2 Å². The number of ketones is 1. The number of nitrogens with two attached hydrogens (primary N) is 1. The summed E-state index contributed by atoms with van der Waals surface area (Å²) in [6, 6.07) is 13.9. The van der Waals surface area contributed by atoms with Crippen LogP contribution in [0.4, 0.5) is 0 Å². The van der Waals surface area contributed by atoms with Crippen molar-refractivity contribution in [1.82, 2.24) is 15.0 Å². The molecule has 186 valence electrons. The first-order valence-corrected chi connectivity index (χ1v) is 12.8.